The number of rotatable bonds is 12. The van der Waals surface area contributed by atoms with Crippen LogP contribution < -0.4 is 10.6 Å². The van der Waals surface area contributed by atoms with Crippen molar-refractivity contribution < 1.29 is 19.1 Å². The van der Waals surface area contributed by atoms with Crippen LogP contribution in [-0.2, 0) is 14.2 Å². The third-order valence-electron chi connectivity index (χ3n) is 8.03. The van der Waals surface area contributed by atoms with Crippen LogP contribution in [0.5, 0.6) is 0 Å². The third kappa shape index (κ3) is 10.3. The van der Waals surface area contributed by atoms with E-state index < -0.39 is 22.0 Å². The number of carbonyl (C=O) groups excluding carboxylic acids is 2. The molecular formula is C44H48N2O4S. The van der Waals surface area contributed by atoms with Crippen molar-refractivity contribution in [2.24, 2.45) is 0 Å². The summed E-state index contributed by atoms with van der Waals surface area (Å²) in [6.45, 7) is 11.6. The van der Waals surface area contributed by atoms with Crippen LogP contribution >= 0.6 is 11.8 Å². The fourth-order valence-electron chi connectivity index (χ4n) is 5.80. The topological polar surface area (TPSA) is 76.7 Å². The molecule has 0 aliphatic rings. The highest BCUT2D eigenvalue weighted by atomic mass is 32.2. The van der Waals surface area contributed by atoms with Crippen LogP contribution in [0.3, 0.4) is 0 Å². The predicted molar refractivity (Wildman–Crippen MR) is 210 cm³/mol. The number of anilines is 1. The Hall–Kier alpha value is -5.01. The van der Waals surface area contributed by atoms with Gasteiger partial charge in [0.05, 0.1) is 16.4 Å². The van der Waals surface area contributed by atoms with E-state index in [4.69, 9.17) is 9.47 Å². The number of thioether (sulfide) groups is 1. The summed E-state index contributed by atoms with van der Waals surface area (Å²) in [5, 5.41) is 6.70. The van der Waals surface area contributed by atoms with Crippen molar-refractivity contribution in [2.75, 3.05) is 17.6 Å². The van der Waals surface area contributed by atoms with Gasteiger partial charge in [-0.2, -0.15) is 0 Å². The number of nitrogens with one attached hydrogen (secondary N) is 2. The molecule has 1 amide bonds. The molecule has 6 nitrogen and oxygen atoms in total. The highest BCUT2D eigenvalue weighted by molar-refractivity contribution is 8.00. The molecule has 0 spiro atoms. The number of amides is 1. The number of ether oxygens (including phenoxy) is 2. The van der Waals surface area contributed by atoms with Gasteiger partial charge in [0.2, 0.25) is 0 Å². The minimum atomic E-state index is -0.631. The predicted octanol–water partition coefficient (Wildman–Crippen LogP) is 10.3. The van der Waals surface area contributed by atoms with E-state index in [1.54, 1.807) is 17.8 Å². The van der Waals surface area contributed by atoms with Crippen molar-refractivity contribution in [1.82, 2.24) is 5.32 Å². The largest absolute Gasteiger partial charge is 0.456 e. The lowest BCUT2D eigenvalue weighted by Gasteiger charge is -2.37. The van der Waals surface area contributed by atoms with Crippen molar-refractivity contribution in [3.63, 3.8) is 0 Å². The van der Waals surface area contributed by atoms with E-state index in [0.29, 0.717) is 17.9 Å². The fourth-order valence-corrected chi connectivity index (χ4v) is 7.36. The van der Waals surface area contributed by atoms with Gasteiger partial charge in [0.1, 0.15) is 11.2 Å². The molecule has 264 valence electrons. The van der Waals surface area contributed by atoms with Crippen LogP contribution in [0.4, 0.5) is 10.5 Å². The molecule has 0 radical (unpaired) electrons. The van der Waals surface area contributed by atoms with Crippen molar-refractivity contribution >= 4 is 29.5 Å². The Morgan fingerprint density at radius 3 is 1.61 bits per heavy atom. The molecule has 0 saturated heterocycles. The Kier molecular flexibility index (Phi) is 11.9. The molecule has 51 heavy (non-hydrogen) atoms. The molecule has 0 unspecified atom stereocenters. The number of alkyl carbamates (subject to hydrolysis) is 1. The van der Waals surface area contributed by atoms with Crippen LogP contribution in [0.2, 0.25) is 0 Å². The lowest BCUT2D eigenvalue weighted by molar-refractivity contribution is 0.00692. The van der Waals surface area contributed by atoms with Gasteiger partial charge in [-0.15, -0.1) is 11.8 Å². The zero-order chi connectivity index (χ0) is 36.5. The molecule has 0 bridgehead atoms. The number of carbonyl (C=O) groups is 2. The maximum atomic E-state index is 13.2. The van der Waals surface area contributed by atoms with Crippen LogP contribution in [0.25, 0.3) is 11.1 Å². The average Bonchev–Trinajstić information content (AvgIpc) is 3.11. The molecule has 5 aromatic rings. The second-order valence-electron chi connectivity index (χ2n) is 14.5. The van der Waals surface area contributed by atoms with E-state index >= 15 is 0 Å². The minimum absolute atomic E-state index is 0.287. The normalized spacial score (nSPS) is 12.4. The van der Waals surface area contributed by atoms with Gasteiger partial charge in [-0.25, -0.2) is 9.59 Å². The van der Waals surface area contributed by atoms with Crippen LogP contribution in [0.15, 0.2) is 140 Å². The van der Waals surface area contributed by atoms with Gasteiger partial charge >= 0.3 is 12.1 Å². The SMILES string of the molecule is CC(C)(C)OC(=O)N[C@H](CNc1ccc(-c2cccc(C(=O)OC(C)(C)C)c2)cc1)CSC(c1ccccc1)(c1ccccc1)c1ccccc1. The van der Waals surface area contributed by atoms with Gasteiger partial charge in [-0.1, -0.05) is 115 Å². The molecule has 0 heterocycles. The number of hydrogen-bond acceptors (Lipinski definition) is 6. The Morgan fingerprint density at radius 2 is 1.12 bits per heavy atom. The summed E-state index contributed by atoms with van der Waals surface area (Å²) in [6, 6.07) is 46.8. The molecule has 0 aliphatic carbocycles. The molecule has 7 heteroatoms. The first kappa shape index (κ1) is 37.3. The first-order valence-electron chi connectivity index (χ1n) is 17.3. The van der Waals surface area contributed by atoms with Gasteiger partial charge < -0.3 is 20.1 Å². The smallest absolute Gasteiger partial charge is 0.407 e. The maximum Gasteiger partial charge on any atom is 0.407 e. The fraction of sp³-hybridized carbons (Fsp3) is 0.273. The number of hydrogen-bond donors (Lipinski definition) is 2. The standard InChI is InChI=1S/C44H48N2O4S/c1-42(2,3)49-40(47)34-18-16-17-33(29-34)32-25-27-38(28-26-32)45-30-39(46-41(48)50-43(4,5)6)31-51-44(35-19-10-7-11-20-35,36-21-12-8-13-22-36)37-23-14-9-15-24-37/h7-29,39,45H,30-31H2,1-6H3,(H,46,48)/t39-/m1/s1. The number of benzene rings is 5. The van der Waals surface area contributed by atoms with Gasteiger partial charge in [0.25, 0.3) is 0 Å². The van der Waals surface area contributed by atoms with E-state index in [0.717, 1.165) is 33.5 Å². The zero-order valence-corrected chi connectivity index (χ0v) is 31.1. The number of esters is 1. The lowest BCUT2D eigenvalue weighted by atomic mass is 9.84. The summed E-state index contributed by atoms with van der Waals surface area (Å²) >= 11 is 1.79. The van der Waals surface area contributed by atoms with Gasteiger partial charge in [0, 0.05) is 18.0 Å². The monoisotopic (exact) mass is 700 g/mol. The van der Waals surface area contributed by atoms with Crippen LogP contribution in [-0.4, -0.2) is 41.6 Å². The highest BCUT2D eigenvalue weighted by Crippen LogP contribution is 2.48. The second kappa shape index (κ2) is 16.3. The quantitative estimate of drug-likeness (QED) is 0.0997. The molecular weight excluding hydrogens is 653 g/mol. The van der Waals surface area contributed by atoms with E-state index in [1.807, 2.05) is 102 Å². The van der Waals surface area contributed by atoms with Gasteiger partial charge in [0.15, 0.2) is 0 Å². The summed E-state index contributed by atoms with van der Waals surface area (Å²) < 4.78 is 10.7. The molecule has 5 rings (SSSR count). The Morgan fingerprint density at radius 1 is 0.608 bits per heavy atom. The summed E-state index contributed by atoms with van der Waals surface area (Å²) in [5.74, 6) is 0.236. The maximum absolute atomic E-state index is 13.2. The Labute approximate surface area is 307 Å². The molecule has 5 aromatic carbocycles. The van der Waals surface area contributed by atoms with E-state index in [1.165, 1.54) is 0 Å². The van der Waals surface area contributed by atoms with E-state index in [-0.39, 0.29) is 12.0 Å². The summed E-state index contributed by atoms with van der Waals surface area (Å²) in [7, 11) is 0. The minimum Gasteiger partial charge on any atom is -0.456 e. The Bertz CT molecular complexity index is 1770. The van der Waals surface area contributed by atoms with Crippen molar-refractivity contribution in [3.8, 4) is 11.1 Å². The highest BCUT2D eigenvalue weighted by Gasteiger charge is 2.38. The molecule has 0 fully saturated rings. The molecule has 0 aliphatic heterocycles. The van der Waals surface area contributed by atoms with Gasteiger partial charge in [-0.05, 0) is 93.6 Å². The summed E-state index contributed by atoms with van der Waals surface area (Å²) in [6.07, 6.45) is -0.458. The molecule has 0 aromatic heterocycles. The van der Waals surface area contributed by atoms with Crippen LogP contribution in [0.1, 0.15) is 68.6 Å². The van der Waals surface area contributed by atoms with E-state index in [9.17, 15) is 9.59 Å². The third-order valence-corrected chi connectivity index (χ3v) is 9.74. The van der Waals surface area contributed by atoms with E-state index in [2.05, 4.69) is 83.4 Å². The summed E-state index contributed by atoms with van der Waals surface area (Å²) in [4.78, 5) is 25.8. The Balaban J connectivity index is 1.39. The molecule has 0 saturated carbocycles. The molecule has 2 N–H and O–H groups in total. The van der Waals surface area contributed by atoms with Crippen molar-refractivity contribution in [1.29, 1.82) is 0 Å². The van der Waals surface area contributed by atoms with Crippen molar-refractivity contribution in [2.45, 2.75) is 63.5 Å². The van der Waals surface area contributed by atoms with Crippen molar-refractivity contribution in [3.05, 3.63) is 162 Å². The van der Waals surface area contributed by atoms with Crippen LogP contribution in [0, 0.1) is 0 Å². The average molecular weight is 701 g/mol. The van der Waals surface area contributed by atoms with Gasteiger partial charge in [-0.3, -0.25) is 0 Å². The first-order chi connectivity index (χ1) is 24.3. The zero-order valence-electron chi connectivity index (χ0n) is 30.3. The summed E-state index contributed by atoms with van der Waals surface area (Å²) in [5.41, 5.74) is 5.58. The lowest BCUT2D eigenvalue weighted by Crippen LogP contribution is -2.45. The second-order valence-corrected chi connectivity index (χ2v) is 15.7. The molecule has 1 atom stereocenters. The first-order valence-corrected chi connectivity index (χ1v) is 18.3.